The first-order valence-corrected chi connectivity index (χ1v) is 6.98. The van der Waals surface area contributed by atoms with Crippen LogP contribution in [0.2, 0.25) is 0 Å². The molecule has 0 saturated heterocycles. The highest BCUT2D eigenvalue weighted by Gasteiger charge is 2.17. The van der Waals surface area contributed by atoms with Gasteiger partial charge in [0, 0.05) is 13.1 Å². The summed E-state index contributed by atoms with van der Waals surface area (Å²) in [5.41, 5.74) is 1.76. The largest absolute Gasteiger partial charge is 0.479 e. The first-order valence-electron chi connectivity index (χ1n) is 6.98. The predicted molar refractivity (Wildman–Crippen MR) is 82.9 cm³/mol. The van der Waals surface area contributed by atoms with Crippen molar-refractivity contribution in [3.63, 3.8) is 0 Å². The fourth-order valence-corrected chi connectivity index (χ4v) is 2.13. The van der Waals surface area contributed by atoms with E-state index < -0.39 is 12.1 Å². The van der Waals surface area contributed by atoms with Crippen molar-refractivity contribution in [1.29, 1.82) is 0 Å². The number of aryl methyl sites for hydroxylation is 1. The summed E-state index contributed by atoms with van der Waals surface area (Å²) in [6.07, 6.45) is 1.03. The summed E-state index contributed by atoms with van der Waals surface area (Å²) >= 11 is 0. The zero-order valence-corrected chi connectivity index (χ0v) is 12.4. The van der Waals surface area contributed by atoms with Gasteiger partial charge in [-0.2, -0.15) is 0 Å². The molecule has 3 aromatic rings. The fraction of sp³-hybridized carbons (Fsp3) is 0.176. The van der Waals surface area contributed by atoms with Crippen LogP contribution in [0.25, 0.3) is 11.0 Å². The Kier molecular flexibility index (Phi) is 3.78. The number of hydrogen-bond acceptors (Lipinski definition) is 4. The third-order valence-corrected chi connectivity index (χ3v) is 3.30. The monoisotopic (exact) mass is 296 g/mol. The first kappa shape index (κ1) is 14.1. The van der Waals surface area contributed by atoms with Crippen LogP contribution in [0.5, 0.6) is 11.5 Å². The highest BCUT2D eigenvalue weighted by molar-refractivity contribution is 5.81. The normalized spacial score (nSPS) is 12.1. The van der Waals surface area contributed by atoms with Gasteiger partial charge in [-0.1, -0.05) is 18.2 Å². The van der Waals surface area contributed by atoms with Crippen LogP contribution in [0.4, 0.5) is 0 Å². The minimum atomic E-state index is -0.693. The summed E-state index contributed by atoms with van der Waals surface area (Å²) in [6, 6.07) is 14.5. The predicted octanol–water partition coefficient (Wildman–Crippen LogP) is 2.95. The van der Waals surface area contributed by atoms with Crippen LogP contribution in [0, 0.1) is 0 Å². The highest BCUT2D eigenvalue weighted by atomic mass is 16.6. The van der Waals surface area contributed by atoms with Crippen LogP contribution in [-0.2, 0) is 11.8 Å². The molecule has 0 fully saturated rings. The lowest BCUT2D eigenvalue weighted by Gasteiger charge is -2.13. The van der Waals surface area contributed by atoms with Crippen molar-refractivity contribution < 1.29 is 14.3 Å². The summed E-state index contributed by atoms with van der Waals surface area (Å²) in [7, 11) is 1.91. The molecule has 0 spiro atoms. The Morgan fingerprint density at radius 2 is 1.91 bits per heavy atom. The molecule has 0 radical (unpaired) electrons. The SMILES string of the molecule is CC(Oc1ccccc1)C(=O)Oc1ccc2c(c1)ncn2C. The second kappa shape index (κ2) is 5.89. The van der Waals surface area contributed by atoms with Gasteiger partial charge >= 0.3 is 5.97 Å². The molecule has 0 bridgehead atoms. The van der Waals surface area contributed by atoms with E-state index in [2.05, 4.69) is 4.98 Å². The van der Waals surface area contributed by atoms with E-state index >= 15 is 0 Å². The molecule has 22 heavy (non-hydrogen) atoms. The third-order valence-electron chi connectivity index (χ3n) is 3.30. The number of rotatable bonds is 4. The molecule has 2 aromatic carbocycles. The Balaban J connectivity index is 1.69. The number of nitrogens with zero attached hydrogens (tertiary/aromatic N) is 2. The summed E-state index contributed by atoms with van der Waals surface area (Å²) in [4.78, 5) is 16.3. The number of fused-ring (bicyclic) bond motifs is 1. The van der Waals surface area contributed by atoms with Crippen molar-refractivity contribution in [2.75, 3.05) is 0 Å². The standard InChI is InChI=1S/C17H16N2O3/c1-12(21-13-6-4-3-5-7-13)17(20)22-14-8-9-16-15(10-14)18-11-19(16)2/h3-12H,1-2H3. The maximum Gasteiger partial charge on any atom is 0.352 e. The summed E-state index contributed by atoms with van der Waals surface area (Å²) in [5.74, 6) is 0.644. The van der Waals surface area contributed by atoms with Crippen molar-refractivity contribution in [3.05, 3.63) is 54.9 Å². The van der Waals surface area contributed by atoms with E-state index in [4.69, 9.17) is 9.47 Å². The number of benzene rings is 2. The second-order valence-corrected chi connectivity index (χ2v) is 5.00. The Hall–Kier alpha value is -2.82. The fourth-order valence-electron chi connectivity index (χ4n) is 2.13. The molecule has 0 N–H and O–H groups in total. The highest BCUT2D eigenvalue weighted by Crippen LogP contribution is 2.20. The van der Waals surface area contributed by atoms with E-state index in [1.54, 1.807) is 37.5 Å². The van der Waals surface area contributed by atoms with Gasteiger partial charge in [0.25, 0.3) is 0 Å². The van der Waals surface area contributed by atoms with E-state index in [1.165, 1.54) is 0 Å². The molecule has 1 heterocycles. The third kappa shape index (κ3) is 2.93. The number of carbonyl (C=O) groups excluding carboxylic acids is 1. The molecular formula is C17H16N2O3. The summed E-state index contributed by atoms with van der Waals surface area (Å²) in [6.45, 7) is 1.66. The number of hydrogen-bond donors (Lipinski definition) is 0. The zero-order chi connectivity index (χ0) is 15.5. The number of para-hydroxylation sites is 1. The molecule has 1 unspecified atom stereocenters. The number of esters is 1. The van der Waals surface area contributed by atoms with Gasteiger partial charge in [-0.25, -0.2) is 9.78 Å². The summed E-state index contributed by atoms with van der Waals surface area (Å²) in [5, 5.41) is 0. The summed E-state index contributed by atoms with van der Waals surface area (Å²) < 4.78 is 12.8. The molecule has 5 heteroatoms. The van der Waals surface area contributed by atoms with E-state index in [1.807, 2.05) is 35.9 Å². The van der Waals surface area contributed by atoms with Gasteiger partial charge in [-0.05, 0) is 31.2 Å². The van der Waals surface area contributed by atoms with Crippen LogP contribution >= 0.6 is 0 Å². The lowest BCUT2D eigenvalue weighted by molar-refractivity contribution is -0.141. The van der Waals surface area contributed by atoms with Crippen molar-refractivity contribution >= 4 is 17.0 Å². The Labute approximate surface area is 128 Å². The molecule has 5 nitrogen and oxygen atoms in total. The molecule has 1 atom stereocenters. The zero-order valence-electron chi connectivity index (χ0n) is 12.4. The number of imidazole rings is 1. The van der Waals surface area contributed by atoms with Gasteiger partial charge in [0.1, 0.15) is 11.5 Å². The molecule has 0 saturated carbocycles. The second-order valence-electron chi connectivity index (χ2n) is 5.00. The Bertz CT molecular complexity index is 796. The van der Waals surface area contributed by atoms with Crippen molar-refractivity contribution in [2.24, 2.45) is 7.05 Å². The lowest BCUT2D eigenvalue weighted by atomic mass is 10.3. The maximum atomic E-state index is 12.1. The molecule has 3 rings (SSSR count). The van der Waals surface area contributed by atoms with Gasteiger partial charge in [-0.15, -0.1) is 0 Å². The topological polar surface area (TPSA) is 53.4 Å². The maximum absolute atomic E-state index is 12.1. The molecule has 0 aliphatic carbocycles. The quantitative estimate of drug-likeness (QED) is 0.548. The van der Waals surface area contributed by atoms with Crippen molar-refractivity contribution in [2.45, 2.75) is 13.0 Å². The lowest BCUT2D eigenvalue weighted by Crippen LogP contribution is -2.28. The molecule has 112 valence electrons. The molecule has 0 aliphatic heterocycles. The average Bonchev–Trinajstić information content (AvgIpc) is 2.89. The van der Waals surface area contributed by atoms with Crippen LogP contribution in [0.15, 0.2) is 54.9 Å². The van der Waals surface area contributed by atoms with Crippen LogP contribution in [0.3, 0.4) is 0 Å². The van der Waals surface area contributed by atoms with E-state index in [0.717, 1.165) is 11.0 Å². The minimum absolute atomic E-state index is 0.445. The minimum Gasteiger partial charge on any atom is -0.479 e. The van der Waals surface area contributed by atoms with Gasteiger partial charge < -0.3 is 14.0 Å². The number of aromatic nitrogens is 2. The Morgan fingerprint density at radius 1 is 1.14 bits per heavy atom. The molecule has 0 amide bonds. The smallest absolute Gasteiger partial charge is 0.352 e. The van der Waals surface area contributed by atoms with E-state index in [0.29, 0.717) is 11.5 Å². The molecule has 0 aliphatic rings. The van der Waals surface area contributed by atoms with E-state index in [9.17, 15) is 4.79 Å². The van der Waals surface area contributed by atoms with Crippen molar-refractivity contribution in [3.8, 4) is 11.5 Å². The van der Waals surface area contributed by atoms with Crippen LogP contribution in [0.1, 0.15) is 6.92 Å². The average molecular weight is 296 g/mol. The molecular weight excluding hydrogens is 280 g/mol. The number of carbonyl (C=O) groups is 1. The first-order chi connectivity index (χ1) is 10.6. The van der Waals surface area contributed by atoms with E-state index in [-0.39, 0.29) is 0 Å². The van der Waals surface area contributed by atoms with Gasteiger partial charge in [0.15, 0.2) is 6.10 Å². The Morgan fingerprint density at radius 3 is 2.68 bits per heavy atom. The van der Waals surface area contributed by atoms with Crippen molar-refractivity contribution in [1.82, 2.24) is 9.55 Å². The van der Waals surface area contributed by atoms with Crippen LogP contribution < -0.4 is 9.47 Å². The van der Waals surface area contributed by atoms with Crippen LogP contribution in [-0.4, -0.2) is 21.6 Å². The number of ether oxygens (including phenoxy) is 2. The van der Waals surface area contributed by atoms with Gasteiger partial charge in [0.2, 0.25) is 0 Å². The van der Waals surface area contributed by atoms with Gasteiger partial charge in [0.05, 0.1) is 17.4 Å². The van der Waals surface area contributed by atoms with Gasteiger partial charge in [-0.3, -0.25) is 0 Å². The molecule has 1 aromatic heterocycles.